The van der Waals surface area contributed by atoms with E-state index in [0.717, 1.165) is 24.8 Å². The number of anilines is 1. The minimum Gasteiger partial charge on any atom is -0.384 e. The van der Waals surface area contributed by atoms with Gasteiger partial charge in [0.2, 0.25) is 0 Å². The summed E-state index contributed by atoms with van der Waals surface area (Å²) in [5.74, 6) is 1.57. The summed E-state index contributed by atoms with van der Waals surface area (Å²) in [6, 6.07) is 6.41. The fourth-order valence-electron chi connectivity index (χ4n) is 3.13. The van der Waals surface area contributed by atoms with Crippen molar-refractivity contribution in [2.45, 2.75) is 39.0 Å². The van der Waals surface area contributed by atoms with Crippen LogP contribution in [0.15, 0.2) is 18.2 Å². The van der Waals surface area contributed by atoms with E-state index in [4.69, 9.17) is 5.26 Å². The zero-order chi connectivity index (χ0) is 15.2. The molecule has 1 aliphatic carbocycles. The van der Waals surface area contributed by atoms with E-state index >= 15 is 0 Å². The smallest absolute Gasteiger partial charge is 0.270 e. The molecule has 0 saturated heterocycles. The van der Waals surface area contributed by atoms with Crippen molar-refractivity contribution < 1.29 is 4.92 Å². The largest absolute Gasteiger partial charge is 0.384 e. The average molecular weight is 287 g/mol. The number of benzene rings is 1. The highest BCUT2D eigenvalue weighted by Crippen LogP contribution is 2.30. The Bertz CT molecular complexity index is 551. The van der Waals surface area contributed by atoms with Gasteiger partial charge in [0.1, 0.15) is 6.07 Å². The van der Waals surface area contributed by atoms with E-state index in [1.54, 1.807) is 6.07 Å². The molecule has 0 heterocycles. The van der Waals surface area contributed by atoms with Crippen LogP contribution in [0.4, 0.5) is 11.4 Å². The Morgan fingerprint density at radius 2 is 2.29 bits per heavy atom. The molecule has 5 nitrogen and oxygen atoms in total. The van der Waals surface area contributed by atoms with Gasteiger partial charge in [-0.15, -0.1) is 0 Å². The Labute approximate surface area is 125 Å². The average Bonchev–Trinajstić information content (AvgIpc) is 2.47. The van der Waals surface area contributed by atoms with Crippen molar-refractivity contribution in [1.29, 1.82) is 5.26 Å². The molecule has 0 aromatic heterocycles. The molecular formula is C16H21N3O2. The normalized spacial score (nSPS) is 21.5. The van der Waals surface area contributed by atoms with Crippen LogP contribution in [0.1, 0.15) is 44.6 Å². The SMILES string of the molecule is CC1CCCC(CCNc2ccc([N+](=O)[O-])cc2C#N)C1. The maximum Gasteiger partial charge on any atom is 0.270 e. The van der Waals surface area contributed by atoms with Crippen LogP contribution in [0.25, 0.3) is 0 Å². The molecular weight excluding hydrogens is 266 g/mol. The molecule has 2 atom stereocenters. The topological polar surface area (TPSA) is 79.0 Å². The number of nitro benzene ring substituents is 1. The van der Waals surface area contributed by atoms with Crippen LogP contribution < -0.4 is 5.32 Å². The standard InChI is InChI=1S/C16H21N3O2/c1-12-3-2-4-13(9-12)7-8-18-16-6-5-15(19(20)21)10-14(16)11-17/h5-6,10,12-13,18H,2-4,7-9H2,1H3. The summed E-state index contributed by atoms with van der Waals surface area (Å²) in [6.45, 7) is 3.12. The van der Waals surface area contributed by atoms with Crippen LogP contribution in [0.3, 0.4) is 0 Å². The van der Waals surface area contributed by atoms with E-state index in [-0.39, 0.29) is 5.69 Å². The van der Waals surface area contributed by atoms with Gasteiger partial charge < -0.3 is 5.32 Å². The molecule has 0 aliphatic heterocycles. The minimum atomic E-state index is -0.478. The van der Waals surface area contributed by atoms with E-state index < -0.39 is 4.92 Å². The molecule has 1 aliphatic rings. The summed E-state index contributed by atoms with van der Waals surface area (Å²) in [4.78, 5) is 10.2. The fourth-order valence-corrected chi connectivity index (χ4v) is 3.13. The lowest BCUT2D eigenvalue weighted by Crippen LogP contribution is -2.16. The fraction of sp³-hybridized carbons (Fsp3) is 0.562. The lowest BCUT2D eigenvalue weighted by atomic mass is 9.81. The summed E-state index contributed by atoms with van der Waals surface area (Å²) in [5, 5.41) is 23.0. The molecule has 1 aromatic rings. The highest BCUT2D eigenvalue weighted by atomic mass is 16.6. The second-order valence-electron chi connectivity index (χ2n) is 5.95. The second kappa shape index (κ2) is 7.07. The van der Waals surface area contributed by atoms with E-state index in [1.165, 1.54) is 37.8 Å². The summed E-state index contributed by atoms with van der Waals surface area (Å²) in [7, 11) is 0. The Morgan fingerprint density at radius 1 is 1.48 bits per heavy atom. The number of rotatable bonds is 5. The number of nitriles is 1. The number of nitrogens with zero attached hydrogens (tertiary/aromatic N) is 2. The van der Waals surface area contributed by atoms with Crippen LogP contribution in [0.5, 0.6) is 0 Å². The molecule has 0 bridgehead atoms. The third kappa shape index (κ3) is 4.19. The summed E-state index contributed by atoms with van der Waals surface area (Å²) >= 11 is 0. The van der Waals surface area contributed by atoms with Crippen LogP contribution in [0.2, 0.25) is 0 Å². The zero-order valence-corrected chi connectivity index (χ0v) is 12.3. The Hall–Kier alpha value is -2.09. The van der Waals surface area contributed by atoms with Crippen molar-refractivity contribution in [3.8, 4) is 6.07 Å². The Kier molecular flexibility index (Phi) is 5.15. The molecule has 5 heteroatoms. The van der Waals surface area contributed by atoms with Crippen molar-refractivity contribution in [3.05, 3.63) is 33.9 Å². The van der Waals surface area contributed by atoms with E-state index in [1.807, 2.05) is 6.07 Å². The summed E-state index contributed by atoms with van der Waals surface area (Å²) < 4.78 is 0. The maximum atomic E-state index is 10.7. The molecule has 0 spiro atoms. The molecule has 1 fully saturated rings. The van der Waals surface area contributed by atoms with E-state index in [9.17, 15) is 10.1 Å². The lowest BCUT2D eigenvalue weighted by molar-refractivity contribution is -0.384. The highest BCUT2D eigenvalue weighted by molar-refractivity contribution is 5.61. The molecule has 2 unspecified atom stereocenters. The van der Waals surface area contributed by atoms with E-state index in [0.29, 0.717) is 11.3 Å². The van der Waals surface area contributed by atoms with Crippen LogP contribution >= 0.6 is 0 Å². The third-order valence-corrected chi connectivity index (χ3v) is 4.25. The summed E-state index contributed by atoms with van der Waals surface area (Å²) in [6.07, 6.45) is 6.31. The molecule has 2 rings (SSSR count). The van der Waals surface area contributed by atoms with E-state index in [2.05, 4.69) is 12.2 Å². The maximum absolute atomic E-state index is 10.7. The number of hydrogen-bond donors (Lipinski definition) is 1. The van der Waals surface area contributed by atoms with Crippen LogP contribution in [-0.2, 0) is 0 Å². The molecule has 112 valence electrons. The van der Waals surface area contributed by atoms with Gasteiger partial charge in [0.05, 0.1) is 16.2 Å². The minimum absolute atomic E-state index is 0.0433. The predicted molar refractivity (Wildman–Crippen MR) is 82.0 cm³/mol. The van der Waals surface area contributed by atoms with Gasteiger partial charge in [0, 0.05) is 18.7 Å². The van der Waals surface area contributed by atoms with Gasteiger partial charge in [-0.2, -0.15) is 5.26 Å². The third-order valence-electron chi connectivity index (χ3n) is 4.25. The van der Waals surface area contributed by atoms with Gasteiger partial charge >= 0.3 is 0 Å². The molecule has 1 saturated carbocycles. The molecule has 0 amide bonds. The quantitative estimate of drug-likeness (QED) is 0.653. The van der Waals surface area contributed by atoms with Gasteiger partial charge in [-0.3, -0.25) is 10.1 Å². The van der Waals surface area contributed by atoms with Gasteiger partial charge in [-0.1, -0.05) is 26.2 Å². The summed E-state index contributed by atoms with van der Waals surface area (Å²) in [5.41, 5.74) is 0.978. The molecule has 0 radical (unpaired) electrons. The van der Waals surface area contributed by atoms with Crippen molar-refractivity contribution in [2.24, 2.45) is 11.8 Å². The predicted octanol–water partition coefficient (Wildman–Crippen LogP) is 4.09. The van der Waals surface area contributed by atoms with Gasteiger partial charge in [0.15, 0.2) is 0 Å². The first-order valence-corrected chi connectivity index (χ1v) is 7.52. The second-order valence-corrected chi connectivity index (χ2v) is 5.95. The molecule has 21 heavy (non-hydrogen) atoms. The first-order chi connectivity index (χ1) is 10.1. The van der Waals surface area contributed by atoms with Crippen LogP contribution in [0, 0.1) is 33.3 Å². The van der Waals surface area contributed by atoms with Crippen molar-refractivity contribution in [3.63, 3.8) is 0 Å². The monoisotopic (exact) mass is 287 g/mol. The Balaban J connectivity index is 1.91. The molecule has 1 aromatic carbocycles. The van der Waals surface area contributed by atoms with Crippen molar-refractivity contribution in [1.82, 2.24) is 0 Å². The van der Waals surface area contributed by atoms with Gasteiger partial charge in [-0.05, 0) is 30.7 Å². The van der Waals surface area contributed by atoms with Crippen molar-refractivity contribution >= 4 is 11.4 Å². The molecule has 1 N–H and O–H groups in total. The number of nitrogens with one attached hydrogen (secondary N) is 1. The zero-order valence-electron chi connectivity index (χ0n) is 12.3. The number of hydrogen-bond acceptors (Lipinski definition) is 4. The first-order valence-electron chi connectivity index (χ1n) is 7.52. The number of non-ortho nitro benzene ring substituents is 1. The van der Waals surface area contributed by atoms with Crippen molar-refractivity contribution in [2.75, 3.05) is 11.9 Å². The number of nitro groups is 1. The van der Waals surface area contributed by atoms with Gasteiger partial charge in [0.25, 0.3) is 5.69 Å². The first kappa shape index (κ1) is 15.3. The lowest BCUT2D eigenvalue weighted by Gasteiger charge is -2.26. The highest BCUT2D eigenvalue weighted by Gasteiger charge is 2.18. The Morgan fingerprint density at radius 3 is 2.95 bits per heavy atom. The van der Waals surface area contributed by atoms with Gasteiger partial charge in [-0.25, -0.2) is 0 Å². The van der Waals surface area contributed by atoms with Crippen LogP contribution in [-0.4, -0.2) is 11.5 Å².